The van der Waals surface area contributed by atoms with E-state index in [4.69, 9.17) is 0 Å². The molecule has 1 heteroatoms. The maximum atomic E-state index is 4.09. The van der Waals surface area contributed by atoms with E-state index in [2.05, 4.69) is 18.1 Å². The lowest BCUT2D eigenvalue weighted by Gasteiger charge is -2.30. The van der Waals surface area contributed by atoms with E-state index in [-0.39, 0.29) is 0 Å². The lowest BCUT2D eigenvalue weighted by Crippen LogP contribution is -2.28. The topological polar surface area (TPSA) is 3.24 Å². The second-order valence-corrected chi connectivity index (χ2v) is 3.44. The standard InChI is InChI=1S/C11H19N/c1-3-4-8-11(2)12-9-6-5-7-10-12/h3H,1-2,4-10H2. The number of piperidine rings is 1. The van der Waals surface area contributed by atoms with Crippen LogP contribution in [0.2, 0.25) is 0 Å². The Morgan fingerprint density at radius 2 is 1.92 bits per heavy atom. The minimum Gasteiger partial charge on any atom is -0.375 e. The van der Waals surface area contributed by atoms with Gasteiger partial charge in [0.2, 0.25) is 0 Å². The van der Waals surface area contributed by atoms with E-state index >= 15 is 0 Å². The molecule has 0 unspecified atom stereocenters. The molecule has 1 heterocycles. The summed E-state index contributed by atoms with van der Waals surface area (Å²) in [6.45, 7) is 10.2. The average Bonchev–Trinajstić information content (AvgIpc) is 2.15. The molecule has 0 aromatic rings. The van der Waals surface area contributed by atoms with Crippen molar-refractivity contribution in [2.75, 3.05) is 13.1 Å². The molecule has 0 bridgehead atoms. The van der Waals surface area contributed by atoms with Crippen LogP contribution in [0.1, 0.15) is 32.1 Å². The normalized spacial score (nSPS) is 17.5. The van der Waals surface area contributed by atoms with Crippen molar-refractivity contribution in [2.45, 2.75) is 32.1 Å². The Kier molecular flexibility index (Phi) is 3.92. The first-order chi connectivity index (χ1) is 5.84. The van der Waals surface area contributed by atoms with Gasteiger partial charge in [-0.05, 0) is 32.1 Å². The molecule has 1 fully saturated rings. The van der Waals surface area contributed by atoms with Crippen LogP contribution in [0.15, 0.2) is 24.9 Å². The van der Waals surface area contributed by atoms with Crippen LogP contribution < -0.4 is 0 Å². The molecule has 0 aromatic carbocycles. The zero-order chi connectivity index (χ0) is 8.81. The summed E-state index contributed by atoms with van der Waals surface area (Å²) in [4.78, 5) is 2.42. The summed E-state index contributed by atoms with van der Waals surface area (Å²) in [7, 11) is 0. The summed E-state index contributed by atoms with van der Waals surface area (Å²) < 4.78 is 0. The van der Waals surface area contributed by atoms with Gasteiger partial charge in [0, 0.05) is 18.8 Å². The molecule has 0 N–H and O–H groups in total. The highest BCUT2D eigenvalue weighted by atomic mass is 15.1. The molecule has 12 heavy (non-hydrogen) atoms. The molecular formula is C11H19N. The largest absolute Gasteiger partial charge is 0.375 e. The maximum absolute atomic E-state index is 4.09. The number of nitrogens with zero attached hydrogens (tertiary/aromatic N) is 1. The predicted molar refractivity (Wildman–Crippen MR) is 54.0 cm³/mol. The van der Waals surface area contributed by atoms with Gasteiger partial charge in [0.15, 0.2) is 0 Å². The van der Waals surface area contributed by atoms with Gasteiger partial charge < -0.3 is 4.90 Å². The quantitative estimate of drug-likeness (QED) is 0.579. The van der Waals surface area contributed by atoms with Crippen LogP contribution in [0.4, 0.5) is 0 Å². The Bertz CT molecular complexity index is 154. The van der Waals surface area contributed by atoms with Gasteiger partial charge in [-0.2, -0.15) is 0 Å². The maximum Gasteiger partial charge on any atom is 0.0174 e. The van der Waals surface area contributed by atoms with Gasteiger partial charge in [0.25, 0.3) is 0 Å². The zero-order valence-electron chi connectivity index (χ0n) is 7.89. The van der Waals surface area contributed by atoms with E-state index < -0.39 is 0 Å². The van der Waals surface area contributed by atoms with Crippen LogP contribution in [-0.4, -0.2) is 18.0 Å². The van der Waals surface area contributed by atoms with Gasteiger partial charge in [-0.3, -0.25) is 0 Å². The summed E-state index contributed by atoms with van der Waals surface area (Å²) in [6.07, 6.45) is 8.19. The van der Waals surface area contributed by atoms with Crippen molar-refractivity contribution >= 4 is 0 Å². The number of likely N-dealkylation sites (tertiary alicyclic amines) is 1. The Hall–Kier alpha value is -0.720. The highest BCUT2D eigenvalue weighted by molar-refractivity contribution is 4.96. The molecule has 0 aliphatic carbocycles. The molecule has 1 nitrogen and oxygen atoms in total. The molecule has 0 saturated carbocycles. The summed E-state index contributed by atoms with van der Waals surface area (Å²) >= 11 is 0. The monoisotopic (exact) mass is 165 g/mol. The third kappa shape index (κ3) is 2.72. The summed E-state index contributed by atoms with van der Waals surface area (Å²) in [5, 5.41) is 0. The van der Waals surface area contributed by atoms with Crippen LogP contribution in [0, 0.1) is 0 Å². The Morgan fingerprint density at radius 1 is 1.25 bits per heavy atom. The first kappa shape index (κ1) is 9.37. The minimum atomic E-state index is 1.06. The smallest absolute Gasteiger partial charge is 0.0174 e. The average molecular weight is 165 g/mol. The van der Waals surface area contributed by atoms with Crippen molar-refractivity contribution in [3.05, 3.63) is 24.9 Å². The lowest BCUT2D eigenvalue weighted by molar-refractivity contribution is 0.278. The summed E-state index contributed by atoms with van der Waals surface area (Å²) in [5.74, 6) is 0. The van der Waals surface area contributed by atoms with Gasteiger partial charge in [0.05, 0.1) is 0 Å². The fourth-order valence-electron chi connectivity index (χ4n) is 1.64. The molecule has 0 radical (unpaired) electrons. The SMILES string of the molecule is C=CCCC(=C)N1CCCCC1. The fourth-order valence-corrected chi connectivity index (χ4v) is 1.64. The van der Waals surface area contributed by atoms with Crippen molar-refractivity contribution in [2.24, 2.45) is 0 Å². The van der Waals surface area contributed by atoms with Crippen molar-refractivity contribution in [3.63, 3.8) is 0 Å². The molecular weight excluding hydrogens is 146 g/mol. The van der Waals surface area contributed by atoms with E-state index in [9.17, 15) is 0 Å². The number of hydrogen-bond acceptors (Lipinski definition) is 1. The molecule has 0 amide bonds. The molecule has 1 aliphatic heterocycles. The molecule has 1 rings (SSSR count). The Balaban J connectivity index is 2.24. The molecule has 0 aromatic heterocycles. The van der Waals surface area contributed by atoms with Gasteiger partial charge in [0.1, 0.15) is 0 Å². The van der Waals surface area contributed by atoms with Crippen molar-refractivity contribution in [3.8, 4) is 0 Å². The van der Waals surface area contributed by atoms with Gasteiger partial charge >= 0.3 is 0 Å². The number of allylic oxidation sites excluding steroid dienone is 2. The van der Waals surface area contributed by atoms with Crippen LogP contribution >= 0.6 is 0 Å². The van der Waals surface area contributed by atoms with Crippen molar-refractivity contribution < 1.29 is 0 Å². The van der Waals surface area contributed by atoms with Gasteiger partial charge in [-0.15, -0.1) is 6.58 Å². The van der Waals surface area contributed by atoms with Gasteiger partial charge in [-0.25, -0.2) is 0 Å². The summed E-state index contributed by atoms with van der Waals surface area (Å²) in [5.41, 5.74) is 1.30. The molecule has 0 atom stereocenters. The predicted octanol–water partition coefficient (Wildman–Crippen LogP) is 2.95. The first-order valence-corrected chi connectivity index (χ1v) is 4.88. The second-order valence-electron chi connectivity index (χ2n) is 3.44. The summed E-state index contributed by atoms with van der Waals surface area (Å²) in [6, 6.07) is 0. The second kappa shape index (κ2) is 5.02. The van der Waals surface area contributed by atoms with Crippen LogP contribution in [0.3, 0.4) is 0 Å². The van der Waals surface area contributed by atoms with Crippen LogP contribution in [0.5, 0.6) is 0 Å². The number of hydrogen-bond donors (Lipinski definition) is 0. The highest BCUT2D eigenvalue weighted by Crippen LogP contribution is 2.16. The third-order valence-corrected chi connectivity index (χ3v) is 2.44. The fraction of sp³-hybridized carbons (Fsp3) is 0.636. The van der Waals surface area contributed by atoms with Crippen LogP contribution in [-0.2, 0) is 0 Å². The highest BCUT2D eigenvalue weighted by Gasteiger charge is 2.10. The molecule has 1 saturated heterocycles. The van der Waals surface area contributed by atoms with E-state index in [0.29, 0.717) is 0 Å². The lowest BCUT2D eigenvalue weighted by atomic mass is 10.1. The van der Waals surface area contributed by atoms with E-state index in [1.807, 2.05) is 6.08 Å². The first-order valence-electron chi connectivity index (χ1n) is 4.88. The zero-order valence-corrected chi connectivity index (χ0v) is 7.89. The van der Waals surface area contributed by atoms with E-state index in [0.717, 1.165) is 12.8 Å². The van der Waals surface area contributed by atoms with Crippen LogP contribution in [0.25, 0.3) is 0 Å². The molecule has 0 spiro atoms. The third-order valence-electron chi connectivity index (χ3n) is 2.44. The molecule has 1 aliphatic rings. The number of rotatable bonds is 4. The van der Waals surface area contributed by atoms with Gasteiger partial charge in [-0.1, -0.05) is 12.7 Å². The van der Waals surface area contributed by atoms with E-state index in [1.54, 1.807) is 0 Å². The van der Waals surface area contributed by atoms with Crippen molar-refractivity contribution in [1.29, 1.82) is 0 Å². The molecule has 68 valence electrons. The Labute approximate surface area is 75.8 Å². The minimum absolute atomic E-state index is 1.06. The van der Waals surface area contributed by atoms with Crippen molar-refractivity contribution in [1.82, 2.24) is 4.90 Å². The Morgan fingerprint density at radius 3 is 2.50 bits per heavy atom. The van der Waals surface area contributed by atoms with E-state index in [1.165, 1.54) is 38.0 Å².